The monoisotopic (exact) mass is 470 g/mol. The number of epoxide rings is 1. The molecule has 180 valence electrons. The molecule has 0 unspecified atom stereocenters. The van der Waals surface area contributed by atoms with Gasteiger partial charge in [0, 0.05) is 13.6 Å². The van der Waals surface area contributed by atoms with Gasteiger partial charge in [0.05, 0.1) is 25.1 Å². The summed E-state index contributed by atoms with van der Waals surface area (Å²) < 4.78 is 16.6. The van der Waals surface area contributed by atoms with Gasteiger partial charge < -0.3 is 14.2 Å². The van der Waals surface area contributed by atoms with Crippen molar-refractivity contribution in [2.24, 2.45) is 0 Å². The highest BCUT2D eigenvalue weighted by molar-refractivity contribution is 6.77. The quantitative estimate of drug-likeness (QED) is 0.106. The van der Waals surface area contributed by atoms with Crippen LogP contribution in [-0.2, 0) is 9.53 Å². The van der Waals surface area contributed by atoms with Crippen LogP contribution in [0.2, 0.25) is 25.2 Å². The highest BCUT2D eigenvalue weighted by Crippen LogP contribution is 2.29. The van der Waals surface area contributed by atoms with Gasteiger partial charge in [0.15, 0.2) is 17.7 Å². The van der Waals surface area contributed by atoms with Crippen LogP contribution in [0.15, 0.2) is 36.7 Å². The minimum absolute atomic E-state index is 0.00963. The van der Waals surface area contributed by atoms with E-state index in [-0.39, 0.29) is 12.1 Å². The van der Waals surface area contributed by atoms with E-state index < -0.39 is 14.2 Å². The second kappa shape index (κ2) is 12.3. The summed E-state index contributed by atoms with van der Waals surface area (Å²) in [5, 5.41) is 0. The van der Waals surface area contributed by atoms with Gasteiger partial charge in [0.1, 0.15) is 5.75 Å². The highest BCUT2D eigenvalue weighted by Gasteiger charge is 2.45. The lowest BCUT2D eigenvalue weighted by Gasteiger charge is -2.21. The number of hydrogen-bond donors (Lipinski definition) is 0. The largest absolute Gasteiger partial charge is 0.490 e. The number of benzene rings is 1. The minimum Gasteiger partial charge on any atom is -0.490 e. The summed E-state index contributed by atoms with van der Waals surface area (Å²) in [7, 11) is -1.04. The molecule has 33 heavy (non-hydrogen) atoms. The van der Waals surface area contributed by atoms with Crippen LogP contribution < -0.4 is 9.47 Å². The molecule has 2 atom stereocenters. The average Bonchev–Trinajstić information content (AvgIpc) is 3.58. The van der Waals surface area contributed by atoms with Crippen molar-refractivity contribution in [2.75, 3.05) is 6.61 Å². The molecular formula is C26H38N2O4Si. The summed E-state index contributed by atoms with van der Waals surface area (Å²) in [5.41, 5.74) is 0.854. The zero-order valence-corrected chi connectivity index (χ0v) is 21.5. The summed E-state index contributed by atoms with van der Waals surface area (Å²) in [5.74, 6) is 1.47. The van der Waals surface area contributed by atoms with Crippen molar-refractivity contribution in [3.63, 3.8) is 0 Å². The molecule has 0 amide bonds. The number of hydrogen-bond acceptors (Lipinski definition) is 6. The van der Waals surface area contributed by atoms with Crippen molar-refractivity contribution in [2.45, 2.75) is 89.8 Å². The molecular weight excluding hydrogens is 432 g/mol. The van der Waals surface area contributed by atoms with Crippen molar-refractivity contribution in [1.29, 1.82) is 0 Å². The Kier molecular flexibility index (Phi) is 9.44. The van der Waals surface area contributed by atoms with E-state index in [1.54, 1.807) is 24.5 Å². The van der Waals surface area contributed by atoms with Crippen molar-refractivity contribution in [3.05, 3.63) is 36.7 Å². The zero-order chi connectivity index (χ0) is 23.7. The van der Waals surface area contributed by atoms with Crippen molar-refractivity contribution >= 4 is 14.0 Å². The normalized spacial score (nSPS) is 17.6. The molecule has 7 heteroatoms. The van der Waals surface area contributed by atoms with E-state index in [1.165, 1.54) is 31.4 Å². The Hall–Kier alpha value is -2.25. The number of nitrogens with zero attached hydrogens (tertiary/aromatic N) is 2. The number of carbonyl (C=O) groups excluding carboxylic acids is 1. The minimum atomic E-state index is -1.04. The molecule has 1 aliphatic rings. The Balaban J connectivity index is 1.40. The van der Waals surface area contributed by atoms with Gasteiger partial charge >= 0.3 is 5.97 Å². The molecule has 2 heterocycles. The fourth-order valence-corrected chi connectivity index (χ4v) is 6.68. The van der Waals surface area contributed by atoms with Gasteiger partial charge in [-0.05, 0) is 37.1 Å². The summed E-state index contributed by atoms with van der Waals surface area (Å²) in [6.45, 7) is 10.0. The molecule has 0 N–H and O–H groups in total. The Morgan fingerprint density at radius 2 is 1.67 bits per heavy atom. The van der Waals surface area contributed by atoms with E-state index in [0.29, 0.717) is 23.9 Å². The summed E-state index contributed by atoms with van der Waals surface area (Å²) in [6.07, 6.45) is 9.85. The van der Waals surface area contributed by atoms with E-state index in [4.69, 9.17) is 14.2 Å². The molecule has 0 aliphatic carbocycles. The smallest absolute Gasteiger partial charge is 0.343 e. The predicted molar refractivity (Wildman–Crippen MR) is 133 cm³/mol. The number of carbonyl (C=O) groups is 1. The zero-order valence-electron chi connectivity index (χ0n) is 20.5. The first kappa shape index (κ1) is 25.4. The predicted octanol–water partition coefficient (Wildman–Crippen LogP) is 6.28. The standard InChI is InChI=1S/C26H38N2O4Si/c1-5-7-16-33(3,4)17-9-8-15-30-22-18-27-25(28-19-22)20-11-13-21(14-12-20)31-26(29)24-23(32-24)10-6-2/h11-14,18-19,23-24H,5-10,15-17H2,1-4H3/t23-,24-/m1/s1. The number of esters is 1. The summed E-state index contributed by atoms with van der Waals surface area (Å²) >= 11 is 0. The molecule has 1 aliphatic heterocycles. The van der Waals surface area contributed by atoms with Gasteiger partial charge in [-0.3, -0.25) is 0 Å². The second-order valence-corrected chi connectivity index (χ2v) is 15.0. The third kappa shape index (κ3) is 8.23. The van der Waals surface area contributed by atoms with E-state index in [0.717, 1.165) is 24.8 Å². The maximum Gasteiger partial charge on any atom is 0.343 e. The molecule has 2 aromatic rings. The SMILES string of the molecule is CCCC[Si](C)(C)CCCCOc1cnc(-c2ccc(OC(=O)[C@@H]3O[C@@H]3CCC)cc2)nc1. The fourth-order valence-electron chi connectivity index (χ4n) is 3.92. The number of aromatic nitrogens is 2. The van der Waals surface area contributed by atoms with Crippen LogP contribution in [0.4, 0.5) is 0 Å². The van der Waals surface area contributed by atoms with E-state index in [1.807, 2.05) is 12.1 Å². The molecule has 1 fully saturated rings. The number of unbranched alkanes of at least 4 members (excludes halogenated alkanes) is 2. The third-order valence-corrected chi connectivity index (χ3v) is 9.49. The van der Waals surface area contributed by atoms with Crippen LogP contribution in [0, 0.1) is 0 Å². The van der Waals surface area contributed by atoms with Crippen molar-refractivity contribution < 1.29 is 19.0 Å². The van der Waals surface area contributed by atoms with Gasteiger partial charge in [-0.15, -0.1) is 0 Å². The number of ether oxygens (including phenoxy) is 3. The lowest BCUT2D eigenvalue weighted by molar-refractivity contribution is -0.135. The van der Waals surface area contributed by atoms with Crippen molar-refractivity contribution in [1.82, 2.24) is 9.97 Å². The van der Waals surface area contributed by atoms with Crippen LogP contribution in [0.1, 0.15) is 52.4 Å². The van der Waals surface area contributed by atoms with Gasteiger partial charge in [-0.25, -0.2) is 14.8 Å². The summed E-state index contributed by atoms with van der Waals surface area (Å²) in [6, 6.07) is 9.99. The second-order valence-electron chi connectivity index (χ2n) is 9.64. The topological polar surface area (TPSA) is 73.8 Å². The lowest BCUT2D eigenvalue weighted by atomic mass is 10.2. The van der Waals surface area contributed by atoms with Crippen LogP contribution in [0.3, 0.4) is 0 Å². The van der Waals surface area contributed by atoms with Crippen molar-refractivity contribution in [3.8, 4) is 22.9 Å². The first-order valence-electron chi connectivity index (χ1n) is 12.3. The average molecular weight is 471 g/mol. The maximum absolute atomic E-state index is 12.1. The Bertz CT molecular complexity index is 871. The molecule has 1 saturated heterocycles. The van der Waals surface area contributed by atoms with Crippen LogP contribution in [0.25, 0.3) is 11.4 Å². The molecule has 3 rings (SSSR count). The third-order valence-electron chi connectivity index (χ3n) is 6.07. The lowest BCUT2D eigenvalue weighted by Crippen LogP contribution is -2.24. The summed E-state index contributed by atoms with van der Waals surface area (Å²) in [4.78, 5) is 20.9. The molecule has 0 bridgehead atoms. The maximum atomic E-state index is 12.1. The van der Waals surface area contributed by atoms with Gasteiger partial charge in [-0.1, -0.05) is 64.7 Å². The fraction of sp³-hybridized carbons (Fsp3) is 0.577. The van der Waals surface area contributed by atoms with E-state index in [2.05, 4.69) is 36.9 Å². The highest BCUT2D eigenvalue weighted by atomic mass is 28.3. The molecule has 1 aromatic heterocycles. The molecule has 0 radical (unpaired) electrons. The Morgan fingerprint density at radius 3 is 2.33 bits per heavy atom. The van der Waals surface area contributed by atoms with Crippen LogP contribution in [0.5, 0.6) is 11.5 Å². The molecule has 1 aromatic carbocycles. The van der Waals surface area contributed by atoms with Crippen LogP contribution in [-0.4, -0.2) is 42.8 Å². The van der Waals surface area contributed by atoms with E-state index >= 15 is 0 Å². The van der Waals surface area contributed by atoms with Gasteiger partial charge in [0.2, 0.25) is 0 Å². The van der Waals surface area contributed by atoms with E-state index in [9.17, 15) is 4.79 Å². The van der Waals surface area contributed by atoms with Gasteiger partial charge in [-0.2, -0.15) is 0 Å². The molecule has 0 saturated carbocycles. The van der Waals surface area contributed by atoms with Gasteiger partial charge in [0.25, 0.3) is 0 Å². The Morgan fingerprint density at radius 1 is 0.970 bits per heavy atom. The van der Waals surface area contributed by atoms with Crippen LogP contribution >= 0.6 is 0 Å². The first-order chi connectivity index (χ1) is 15.9. The first-order valence-corrected chi connectivity index (χ1v) is 15.8. The number of rotatable bonds is 14. The Labute approximate surface area is 199 Å². The molecule has 6 nitrogen and oxygen atoms in total. The molecule has 0 spiro atoms.